The van der Waals surface area contributed by atoms with E-state index in [1.54, 1.807) is 12.1 Å². The van der Waals surface area contributed by atoms with E-state index in [1.807, 2.05) is 6.07 Å². The monoisotopic (exact) mass is 484 g/mol. The third kappa shape index (κ3) is 5.44. The van der Waals surface area contributed by atoms with Gasteiger partial charge in [-0.1, -0.05) is 29.3 Å². The fourth-order valence-electron chi connectivity index (χ4n) is 3.01. The summed E-state index contributed by atoms with van der Waals surface area (Å²) in [4.78, 5) is 24.8. The fraction of sp³-hybridized carbons (Fsp3) is 0.182. The van der Waals surface area contributed by atoms with Crippen molar-refractivity contribution in [3.63, 3.8) is 0 Å². The van der Waals surface area contributed by atoms with Gasteiger partial charge in [0.15, 0.2) is 5.75 Å². The number of alkyl halides is 3. The summed E-state index contributed by atoms with van der Waals surface area (Å²) in [5.74, 6) is -1.44. The van der Waals surface area contributed by atoms with E-state index in [0.717, 1.165) is 34.4 Å². The van der Waals surface area contributed by atoms with Crippen molar-refractivity contribution in [2.75, 3.05) is 6.54 Å². The number of hydrogen-bond acceptors (Lipinski definition) is 3. The minimum Gasteiger partial charge on any atom is -0.502 e. The van der Waals surface area contributed by atoms with Crippen molar-refractivity contribution in [1.29, 1.82) is 0 Å². The van der Waals surface area contributed by atoms with Crippen LogP contribution in [0, 0.1) is 0 Å². The second-order valence-electron chi connectivity index (χ2n) is 6.91. The molecule has 0 saturated carbocycles. The number of carbonyl (C=O) groups is 1. The zero-order valence-electron chi connectivity index (χ0n) is 16.4. The molecule has 10 heteroatoms. The molecule has 0 atom stereocenters. The van der Waals surface area contributed by atoms with Gasteiger partial charge in [0.2, 0.25) is 0 Å². The Morgan fingerprint density at radius 3 is 2.34 bits per heavy atom. The predicted molar refractivity (Wildman–Crippen MR) is 116 cm³/mol. The van der Waals surface area contributed by atoms with E-state index in [-0.39, 0.29) is 17.8 Å². The summed E-state index contributed by atoms with van der Waals surface area (Å²) in [7, 11) is 0. The zero-order chi connectivity index (χ0) is 23.5. The maximum atomic E-state index is 12.7. The number of halogens is 5. The van der Waals surface area contributed by atoms with Crippen LogP contribution in [0.25, 0.3) is 5.69 Å². The first kappa shape index (κ1) is 23.7. The highest BCUT2D eigenvalue weighted by molar-refractivity contribution is 6.42. The molecule has 0 fully saturated rings. The van der Waals surface area contributed by atoms with E-state index >= 15 is 0 Å². The van der Waals surface area contributed by atoms with Gasteiger partial charge in [0.25, 0.3) is 11.5 Å². The van der Waals surface area contributed by atoms with Gasteiger partial charge in [-0.3, -0.25) is 14.2 Å². The molecular weight excluding hydrogens is 468 g/mol. The van der Waals surface area contributed by atoms with Crippen molar-refractivity contribution >= 4 is 29.1 Å². The maximum Gasteiger partial charge on any atom is 0.416 e. The van der Waals surface area contributed by atoms with E-state index in [4.69, 9.17) is 23.2 Å². The molecule has 0 aliphatic heterocycles. The number of benzene rings is 2. The van der Waals surface area contributed by atoms with Gasteiger partial charge >= 0.3 is 6.18 Å². The number of pyridine rings is 1. The van der Waals surface area contributed by atoms with Gasteiger partial charge in [-0.25, -0.2) is 0 Å². The zero-order valence-corrected chi connectivity index (χ0v) is 17.9. The molecule has 1 aromatic heterocycles. The molecule has 5 nitrogen and oxygen atoms in total. The van der Waals surface area contributed by atoms with E-state index in [1.165, 1.54) is 12.3 Å². The molecule has 2 N–H and O–H groups in total. The van der Waals surface area contributed by atoms with Crippen LogP contribution in [0.15, 0.2) is 59.5 Å². The van der Waals surface area contributed by atoms with Crippen molar-refractivity contribution in [2.45, 2.75) is 19.0 Å². The number of amides is 1. The molecule has 0 radical (unpaired) electrons. The average molecular weight is 485 g/mol. The predicted octanol–water partition coefficient (Wildman–Crippen LogP) is 5.23. The van der Waals surface area contributed by atoms with E-state index in [9.17, 15) is 27.9 Å². The van der Waals surface area contributed by atoms with Gasteiger partial charge in [-0.2, -0.15) is 13.2 Å². The smallest absolute Gasteiger partial charge is 0.416 e. The standard InChI is InChI=1S/C22H17Cl2F3N2O3/c23-17-8-3-13(12-18(17)24)2-1-10-28-20(31)16-9-11-29(21(32)19(16)30)15-6-4-14(5-7-15)22(25,26)27/h3-9,11-12,30H,1-2,10H2,(H,28,31). The second-order valence-corrected chi connectivity index (χ2v) is 7.72. The number of aromatic hydroxyl groups is 1. The highest BCUT2D eigenvalue weighted by Crippen LogP contribution is 2.29. The second kappa shape index (κ2) is 9.67. The maximum absolute atomic E-state index is 12.7. The summed E-state index contributed by atoms with van der Waals surface area (Å²) >= 11 is 11.8. The van der Waals surface area contributed by atoms with Crippen molar-refractivity contribution in [2.24, 2.45) is 0 Å². The third-order valence-electron chi connectivity index (χ3n) is 4.70. The number of hydrogen-bond donors (Lipinski definition) is 2. The third-order valence-corrected chi connectivity index (χ3v) is 5.44. The fourth-order valence-corrected chi connectivity index (χ4v) is 3.33. The summed E-state index contributed by atoms with van der Waals surface area (Å²) in [6, 6.07) is 10.3. The van der Waals surface area contributed by atoms with Gasteiger partial charge in [0.1, 0.15) is 0 Å². The van der Waals surface area contributed by atoms with Crippen LogP contribution < -0.4 is 10.9 Å². The summed E-state index contributed by atoms with van der Waals surface area (Å²) in [6.07, 6.45) is -2.09. The summed E-state index contributed by atoms with van der Waals surface area (Å²) in [5.41, 5.74) is -0.959. The largest absolute Gasteiger partial charge is 0.502 e. The van der Waals surface area contributed by atoms with Crippen LogP contribution >= 0.6 is 23.2 Å². The SMILES string of the molecule is O=C(NCCCc1ccc(Cl)c(Cl)c1)c1ccn(-c2ccc(C(F)(F)F)cc2)c(=O)c1O. The van der Waals surface area contributed by atoms with Crippen LogP contribution in [0.1, 0.15) is 27.9 Å². The lowest BCUT2D eigenvalue weighted by Crippen LogP contribution is -2.28. The normalized spacial score (nSPS) is 11.4. The molecule has 168 valence electrons. The van der Waals surface area contributed by atoms with E-state index in [2.05, 4.69) is 5.32 Å². The van der Waals surface area contributed by atoms with Crippen LogP contribution in [0.2, 0.25) is 10.0 Å². The Labute approximate surface area is 191 Å². The van der Waals surface area contributed by atoms with Gasteiger partial charge in [-0.15, -0.1) is 0 Å². The molecule has 0 unspecified atom stereocenters. The Hall–Kier alpha value is -2.97. The number of carbonyl (C=O) groups excluding carboxylic acids is 1. The van der Waals surface area contributed by atoms with Gasteiger partial charge in [-0.05, 0) is 60.9 Å². The quantitative estimate of drug-likeness (QED) is 0.470. The minimum absolute atomic E-state index is 0.117. The lowest BCUT2D eigenvalue weighted by atomic mass is 10.1. The molecule has 3 rings (SSSR count). The Kier molecular flexibility index (Phi) is 7.16. The van der Waals surface area contributed by atoms with Crippen LogP contribution in [-0.2, 0) is 12.6 Å². The lowest BCUT2D eigenvalue weighted by molar-refractivity contribution is -0.137. The number of aryl methyl sites for hydroxylation is 1. The highest BCUT2D eigenvalue weighted by Gasteiger charge is 2.30. The molecule has 0 bridgehead atoms. The first-order chi connectivity index (χ1) is 15.1. The van der Waals surface area contributed by atoms with Crippen molar-refractivity contribution < 1.29 is 23.1 Å². The number of nitrogens with one attached hydrogen (secondary N) is 1. The molecule has 1 amide bonds. The van der Waals surface area contributed by atoms with Crippen LogP contribution in [-0.4, -0.2) is 22.1 Å². The molecule has 0 saturated heterocycles. The van der Waals surface area contributed by atoms with Crippen LogP contribution in [0.5, 0.6) is 5.75 Å². The number of nitrogens with zero attached hydrogens (tertiary/aromatic N) is 1. The van der Waals surface area contributed by atoms with Crippen molar-refractivity contribution in [3.8, 4) is 11.4 Å². The molecule has 2 aromatic carbocycles. The Balaban J connectivity index is 1.65. The Morgan fingerprint density at radius 2 is 1.72 bits per heavy atom. The van der Waals surface area contributed by atoms with Crippen molar-refractivity contribution in [3.05, 3.63) is 91.8 Å². The summed E-state index contributed by atoms with van der Waals surface area (Å²) in [6.45, 7) is 0.278. The first-order valence-corrected chi connectivity index (χ1v) is 10.2. The minimum atomic E-state index is -4.51. The Bertz CT molecular complexity index is 1190. The van der Waals surface area contributed by atoms with Gasteiger partial charge in [0.05, 0.1) is 21.2 Å². The molecular formula is C22H17Cl2F3N2O3. The Morgan fingerprint density at radius 1 is 1.03 bits per heavy atom. The summed E-state index contributed by atoms with van der Waals surface area (Å²) in [5, 5.41) is 13.7. The van der Waals surface area contributed by atoms with Gasteiger partial charge in [0, 0.05) is 18.4 Å². The molecule has 3 aromatic rings. The summed E-state index contributed by atoms with van der Waals surface area (Å²) < 4.78 is 39.1. The van der Waals surface area contributed by atoms with E-state index < -0.39 is 29.0 Å². The van der Waals surface area contributed by atoms with Crippen LogP contribution in [0.3, 0.4) is 0 Å². The highest BCUT2D eigenvalue weighted by atomic mass is 35.5. The number of aromatic nitrogens is 1. The van der Waals surface area contributed by atoms with Crippen LogP contribution in [0.4, 0.5) is 13.2 Å². The molecule has 0 aliphatic carbocycles. The molecule has 0 aliphatic rings. The average Bonchev–Trinajstić information content (AvgIpc) is 2.75. The van der Waals surface area contributed by atoms with Crippen molar-refractivity contribution in [1.82, 2.24) is 9.88 Å². The lowest BCUT2D eigenvalue weighted by Gasteiger charge is -2.11. The first-order valence-electron chi connectivity index (χ1n) is 9.42. The molecule has 0 spiro atoms. The topological polar surface area (TPSA) is 71.3 Å². The molecule has 32 heavy (non-hydrogen) atoms. The van der Waals surface area contributed by atoms with Gasteiger partial charge < -0.3 is 10.4 Å². The van der Waals surface area contributed by atoms with E-state index in [0.29, 0.717) is 22.9 Å². The number of rotatable bonds is 6. The molecule has 1 heterocycles.